The van der Waals surface area contributed by atoms with Crippen LogP contribution in [0.4, 0.5) is 0 Å². The minimum Gasteiger partial charge on any atom is -0.378 e. The van der Waals surface area contributed by atoms with Crippen molar-refractivity contribution in [2.75, 3.05) is 20.3 Å². The van der Waals surface area contributed by atoms with Gasteiger partial charge in [0.05, 0.1) is 22.7 Å². The molecule has 5 heteroatoms. The highest BCUT2D eigenvalue weighted by atomic mass is 32.1. The standard InChI is InChI=1S/C15H18N4S/c1-3-4-7-19-10-18-13-6-5-11(9-16)8-12(13)14(19)15(20)17-2/h5-6,8H,3-4,7,10H2,1-2H3,(H,17,20). The smallest absolute Gasteiger partial charge is 0.123 e. The summed E-state index contributed by atoms with van der Waals surface area (Å²) in [5.41, 5.74) is 1.62. The summed E-state index contributed by atoms with van der Waals surface area (Å²) in [5, 5.41) is 14.0. The van der Waals surface area contributed by atoms with E-state index in [1.165, 1.54) is 0 Å². The fraction of sp³-hybridized carbons (Fsp3) is 0.400. The Morgan fingerprint density at radius 1 is 1.55 bits per heavy atom. The number of unbranched alkanes of at least 4 members (excludes halogenated alkanes) is 1. The Bertz CT molecular complexity index is 672. The highest BCUT2D eigenvalue weighted by molar-refractivity contribution is 7.81. The zero-order valence-corrected chi connectivity index (χ0v) is 12.6. The lowest BCUT2D eigenvalue weighted by Gasteiger charge is -2.28. The molecule has 0 radical (unpaired) electrons. The van der Waals surface area contributed by atoms with E-state index < -0.39 is 0 Å². The molecule has 20 heavy (non-hydrogen) atoms. The van der Waals surface area contributed by atoms with E-state index in [0.29, 0.717) is 17.2 Å². The van der Waals surface area contributed by atoms with E-state index in [9.17, 15) is 0 Å². The number of hydrogen-bond donors (Lipinski definition) is 1. The molecule has 0 spiro atoms. The molecule has 2 rings (SSSR count). The van der Waals surface area contributed by atoms with Crippen LogP contribution in [0.5, 0.6) is 0 Å². The number of nitrogens with one attached hydrogen (secondary N) is 1. The molecule has 0 fully saturated rings. The van der Waals surface area contributed by atoms with E-state index in [0.717, 1.165) is 35.7 Å². The molecule has 0 aliphatic carbocycles. The van der Waals surface area contributed by atoms with Gasteiger partial charge in [0.2, 0.25) is 0 Å². The van der Waals surface area contributed by atoms with E-state index in [1.54, 1.807) is 6.07 Å². The van der Waals surface area contributed by atoms with Crippen molar-refractivity contribution in [3.8, 4) is 6.07 Å². The average molecular weight is 286 g/mol. The van der Waals surface area contributed by atoms with Gasteiger partial charge in [-0.25, -0.2) is 0 Å². The average Bonchev–Trinajstić information content (AvgIpc) is 2.50. The minimum absolute atomic E-state index is 0.621. The number of fused-ring (bicyclic) bond motifs is 1. The number of rotatable bonds is 4. The first-order valence-electron chi connectivity index (χ1n) is 6.77. The van der Waals surface area contributed by atoms with Crippen LogP contribution in [-0.4, -0.2) is 30.1 Å². The maximum Gasteiger partial charge on any atom is 0.123 e. The van der Waals surface area contributed by atoms with Gasteiger partial charge in [-0.2, -0.15) is 5.26 Å². The van der Waals surface area contributed by atoms with E-state index in [-0.39, 0.29) is 0 Å². The molecule has 1 aliphatic rings. The first kappa shape index (κ1) is 14.5. The minimum atomic E-state index is 0.621. The van der Waals surface area contributed by atoms with Crippen LogP contribution in [0.2, 0.25) is 0 Å². The summed E-state index contributed by atoms with van der Waals surface area (Å²) in [5.74, 6) is 0. The highest BCUT2D eigenvalue weighted by Gasteiger charge is 2.17. The second-order valence-electron chi connectivity index (χ2n) is 4.69. The van der Waals surface area contributed by atoms with Crippen molar-refractivity contribution in [1.82, 2.24) is 10.2 Å². The van der Waals surface area contributed by atoms with Crippen molar-refractivity contribution in [3.05, 3.63) is 34.3 Å². The summed E-state index contributed by atoms with van der Waals surface area (Å²) in [6, 6.07) is 7.73. The van der Waals surface area contributed by atoms with E-state index in [4.69, 9.17) is 17.5 Å². The van der Waals surface area contributed by atoms with Crippen LogP contribution in [0.25, 0.3) is 5.70 Å². The van der Waals surface area contributed by atoms with Crippen molar-refractivity contribution in [1.29, 1.82) is 5.26 Å². The molecule has 0 saturated heterocycles. The topological polar surface area (TPSA) is 51.4 Å². The third-order valence-electron chi connectivity index (χ3n) is 3.33. The van der Waals surface area contributed by atoms with Crippen molar-refractivity contribution in [2.24, 2.45) is 4.99 Å². The zero-order chi connectivity index (χ0) is 14.5. The quantitative estimate of drug-likeness (QED) is 0.836. The molecule has 0 atom stereocenters. The summed E-state index contributed by atoms with van der Waals surface area (Å²) < 4.78 is 0. The maximum absolute atomic E-state index is 9.08. The van der Waals surface area contributed by atoms with Gasteiger partial charge in [-0.1, -0.05) is 25.6 Å². The van der Waals surface area contributed by atoms with Gasteiger partial charge in [-0.15, -0.1) is 0 Å². The Morgan fingerprint density at radius 3 is 3.00 bits per heavy atom. The molecule has 0 saturated carbocycles. The predicted octanol–water partition coefficient (Wildman–Crippen LogP) is 0.906. The second kappa shape index (κ2) is 6.49. The number of hydrogen-bond acceptors (Lipinski definition) is 4. The lowest BCUT2D eigenvalue weighted by atomic mass is 10.1. The van der Waals surface area contributed by atoms with Gasteiger partial charge in [-0.05, 0) is 24.6 Å². The van der Waals surface area contributed by atoms with Crippen LogP contribution in [0.3, 0.4) is 0 Å². The fourth-order valence-corrected chi connectivity index (χ4v) is 2.49. The number of nitrogens with zero attached hydrogens (tertiary/aromatic N) is 3. The van der Waals surface area contributed by atoms with Gasteiger partial charge in [0.1, 0.15) is 11.7 Å². The zero-order valence-electron chi connectivity index (χ0n) is 11.8. The molecular weight excluding hydrogens is 268 g/mol. The Kier molecular flexibility index (Phi) is 4.70. The molecule has 1 aromatic carbocycles. The van der Waals surface area contributed by atoms with E-state index >= 15 is 0 Å². The van der Waals surface area contributed by atoms with Crippen molar-refractivity contribution in [3.63, 3.8) is 0 Å². The maximum atomic E-state index is 9.08. The number of likely N-dealkylation sites (N-methyl/N-ethyl adjacent to an activating group) is 1. The molecular formula is C15H18N4S. The molecule has 0 aromatic heterocycles. The summed E-state index contributed by atoms with van der Waals surface area (Å²) in [6.45, 7) is 3.71. The summed E-state index contributed by atoms with van der Waals surface area (Å²) in [4.78, 5) is 7.47. The molecule has 104 valence electrons. The predicted molar refractivity (Wildman–Crippen MR) is 83.5 cm³/mol. The van der Waals surface area contributed by atoms with Gasteiger partial charge < -0.3 is 10.2 Å². The van der Waals surface area contributed by atoms with Crippen LogP contribution < -0.4 is 15.9 Å². The van der Waals surface area contributed by atoms with Crippen LogP contribution in [0.15, 0.2) is 23.2 Å². The molecule has 1 aromatic rings. The third-order valence-corrected chi connectivity index (χ3v) is 3.73. The molecule has 0 amide bonds. The van der Waals surface area contributed by atoms with Crippen LogP contribution >= 0.6 is 12.2 Å². The third kappa shape index (κ3) is 2.81. The Labute approximate surface area is 124 Å². The van der Waals surface area contributed by atoms with Gasteiger partial charge in [0.25, 0.3) is 0 Å². The van der Waals surface area contributed by atoms with Crippen molar-refractivity contribution >= 4 is 22.9 Å². The van der Waals surface area contributed by atoms with Gasteiger partial charge in [0, 0.05) is 18.8 Å². The summed E-state index contributed by atoms with van der Waals surface area (Å²) >= 11 is 5.44. The lowest BCUT2D eigenvalue weighted by molar-refractivity contribution is 0.392. The number of benzene rings is 1. The Morgan fingerprint density at radius 2 is 2.35 bits per heavy atom. The van der Waals surface area contributed by atoms with E-state index in [1.807, 2.05) is 19.2 Å². The SMILES string of the molecule is CCCCN1CN=c2ccc(C#N)cc2=C1C(=S)NC. The first-order chi connectivity index (χ1) is 9.71. The van der Waals surface area contributed by atoms with Crippen molar-refractivity contribution in [2.45, 2.75) is 19.8 Å². The fourth-order valence-electron chi connectivity index (χ4n) is 2.25. The highest BCUT2D eigenvalue weighted by Crippen LogP contribution is 2.10. The van der Waals surface area contributed by atoms with Crippen molar-refractivity contribution < 1.29 is 0 Å². The van der Waals surface area contributed by atoms with Crippen LogP contribution in [0.1, 0.15) is 25.3 Å². The molecule has 1 aliphatic heterocycles. The number of thiocarbonyl (C=S) groups is 1. The molecule has 0 unspecified atom stereocenters. The van der Waals surface area contributed by atoms with Crippen LogP contribution in [-0.2, 0) is 0 Å². The first-order valence-corrected chi connectivity index (χ1v) is 7.18. The largest absolute Gasteiger partial charge is 0.378 e. The normalized spacial score (nSPS) is 13.2. The van der Waals surface area contributed by atoms with E-state index in [2.05, 4.69) is 28.2 Å². The van der Waals surface area contributed by atoms with Gasteiger partial charge >= 0.3 is 0 Å². The Hall–Kier alpha value is -1.93. The van der Waals surface area contributed by atoms with Crippen LogP contribution in [0, 0.1) is 11.3 Å². The summed E-state index contributed by atoms with van der Waals surface area (Å²) in [6.07, 6.45) is 2.22. The second-order valence-corrected chi connectivity index (χ2v) is 5.10. The monoisotopic (exact) mass is 286 g/mol. The number of nitriles is 1. The molecule has 1 N–H and O–H groups in total. The molecule has 4 nitrogen and oxygen atoms in total. The summed E-state index contributed by atoms with van der Waals surface area (Å²) in [7, 11) is 1.83. The Balaban J connectivity index is 2.62. The molecule has 0 bridgehead atoms. The lowest BCUT2D eigenvalue weighted by Crippen LogP contribution is -2.45. The van der Waals surface area contributed by atoms with Gasteiger partial charge in [-0.3, -0.25) is 4.99 Å². The van der Waals surface area contributed by atoms with Gasteiger partial charge in [0.15, 0.2) is 0 Å². The molecule has 1 heterocycles.